The van der Waals surface area contributed by atoms with E-state index in [2.05, 4.69) is 25.9 Å². The fraction of sp³-hybridized carbons (Fsp3) is 0.190. The van der Waals surface area contributed by atoms with Crippen molar-refractivity contribution in [3.8, 4) is 0 Å². The molecule has 2 aliphatic heterocycles. The summed E-state index contributed by atoms with van der Waals surface area (Å²) in [6.07, 6.45) is 0. The minimum Gasteiger partial charge on any atom is -0.451 e. The number of hydrogen-bond donors (Lipinski definition) is 3. The summed E-state index contributed by atoms with van der Waals surface area (Å²) in [6, 6.07) is 15.2. The Labute approximate surface area is 185 Å². The van der Waals surface area contributed by atoms with Crippen LogP contribution in [0.5, 0.6) is 0 Å². The molecule has 5 rings (SSSR count). The van der Waals surface area contributed by atoms with E-state index in [1.54, 1.807) is 6.07 Å². The maximum Gasteiger partial charge on any atom is 0.291 e. The van der Waals surface area contributed by atoms with Crippen LogP contribution in [0, 0.1) is 0 Å². The molecule has 1 amide bonds. The molecule has 0 saturated heterocycles. The summed E-state index contributed by atoms with van der Waals surface area (Å²) < 4.78 is 5.72. The van der Waals surface area contributed by atoms with Crippen molar-refractivity contribution in [3.63, 3.8) is 0 Å². The number of carbonyl (C=O) groups is 1. The number of amidine groups is 2. The highest BCUT2D eigenvalue weighted by molar-refractivity contribution is 6.07. The number of hydrogen-bond acceptors (Lipinski definition) is 6. The summed E-state index contributed by atoms with van der Waals surface area (Å²) in [5.74, 6) is 1.78. The Morgan fingerprint density at radius 3 is 2.13 bits per heavy atom. The van der Waals surface area contributed by atoms with Gasteiger partial charge >= 0.3 is 0 Å². The number of anilines is 1. The summed E-state index contributed by atoms with van der Waals surface area (Å²) >= 11 is 0. The Bertz CT molecular complexity index is 1120. The lowest BCUT2D eigenvalue weighted by Gasteiger charge is -2.05. The second kappa shape index (κ2) is 9.19. The molecule has 2 aromatic carbocycles. The molecule has 3 aromatic rings. The normalized spacial score (nSPS) is 14.7. The largest absolute Gasteiger partial charge is 0.451 e. The van der Waals surface area contributed by atoms with E-state index in [9.17, 15) is 4.79 Å². The van der Waals surface area contributed by atoms with Gasteiger partial charge in [0.05, 0.1) is 13.1 Å². The number of halogens is 2. The van der Waals surface area contributed by atoms with Crippen molar-refractivity contribution in [2.24, 2.45) is 9.98 Å². The number of nitrogens with zero attached hydrogens (tertiary/aromatic N) is 2. The number of rotatable bonds is 4. The molecule has 2 aliphatic rings. The molecular weight excluding hydrogens is 425 g/mol. The number of benzene rings is 2. The molecule has 156 valence electrons. The second-order valence-corrected chi connectivity index (χ2v) is 6.71. The number of furan rings is 1. The first kappa shape index (κ1) is 21.7. The molecule has 1 aromatic heterocycles. The van der Waals surface area contributed by atoms with E-state index < -0.39 is 0 Å². The van der Waals surface area contributed by atoms with Crippen molar-refractivity contribution in [2.75, 3.05) is 31.5 Å². The summed E-state index contributed by atoms with van der Waals surface area (Å²) in [5, 5.41) is 10.2. The summed E-state index contributed by atoms with van der Waals surface area (Å²) in [4.78, 5) is 21.4. The molecule has 3 N–H and O–H groups in total. The molecule has 0 saturated carbocycles. The van der Waals surface area contributed by atoms with Gasteiger partial charge in [-0.05, 0) is 48.5 Å². The third-order valence-electron chi connectivity index (χ3n) is 4.78. The molecule has 0 fully saturated rings. The fourth-order valence-electron chi connectivity index (χ4n) is 3.39. The molecule has 0 unspecified atom stereocenters. The zero-order valence-corrected chi connectivity index (χ0v) is 17.6. The Morgan fingerprint density at radius 2 is 1.50 bits per heavy atom. The molecule has 0 bridgehead atoms. The first-order chi connectivity index (χ1) is 13.8. The van der Waals surface area contributed by atoms with Gasteiger partial charge in [-0.25, -0.2) is 0 Å². The molecule has 9 heteroatoms. The maximum atomic E-state index is 12.6. The number of amides is 1. The van der Waals surface area contributed by atoms with Crippen LogP contribution in [-0.4, -0.2) is 43.8 Å². The van der Waals surface area contributed by atoms with Crippen LogP contribution >= 0.6 is 24.8 Å². The second-order valence-electron chi connectivity index (χ2n) is 6.71. The zero-order chi connectivity index (χ0) is 18.9. The standard InChI is InChI=1S/C21H19N5O2.2ClH/c27-21(26-16-4-1-13(2-5-16)19-22-7-8-23-19)18-12-15-11-14(3-6-17(15)28-18)20-24-9-10-25-20;;/h1-6,11-12H,7-10H2,(H,22,23)(H,24,25)(H,26,27);2*1H. The first-order valence-corrected chi connectivity index (χ1v) is 9.29. The molecule has 0 aliphatic carbocycles. The summed E-state index contributed by atoms with van der Waals surface area (Å²) in [7, 11) is 0. The summed E-state index contributed by atoms with van der Waals surface area (Å²) in [6.45, 7) is 3.30. The molecule has 0 radical (unpaired) electrons. The Kier molecular flexibility index (Phi) is 6.64. The topological polar surface area (TPSA) is 91.0 Å². The van der Waals surface area contributed by atoms with Crippen molar-refractivity contribution in [1.29, 1.82) is 0 Å². The average molecular weight is 446 g/mol. The van der Waals surface area contributed by atoms with Crippen LogP contribution in [0.25, 0.3) is 11.0 Å². The highest BCUT2D eigenvalue weighted by Gasteiger charge is 2.15. The zero-order valence-electron chi connectivity index (χ0n) is 16.0. The van der Waals surface area contributed by atoms with Crippen LogP contribution in [0.2, 0.25) is 0 Å². The van der Waals surface area contributed by atoms with Gasteiger partial charge < -0.3 is 20.4 Å². The van der Waals surface area contributed by atoms with Gasteiger partial charge in [0.1, 0.15) is 17.3 Å². The van der Waals surface area contributed by atoms with E-state index in [4.69, 9.17) is 4.42 Å². The van der Waals surface area contributed by atoms with Gasteiger partial charge in [-0.1, -0.05) is 0 Å². The van der Waals surface area contributed by atoms with Gasteiger partial charge in [0, 0.05) is 35.3 Å². The van der Waals surface area contributed by atoms with E-state index in [0.29, 0.717) is 11.3 Å². The minimum atomic E-state index is -0.279. The molecular formula is C21H21Cl2N5O2. The van der Waals surface area contributed by atoms with Gasteiger partial charge in [0.25, 0.3) is 5.91 Å². The molecule has 7 nitrogen and oxygen atoms in total. The molecule has 30 heavy (non-hydrogen) atoms. The number of nitrogens with one attached hydrogen (secondary N) is 3. The predicted molar refractivity (Wildman–Crippen MR) is 124 cm³/mol. The predicted octanol–water partition coefficient (Wildman–Crippen LogP) is 3.23. The van der Waals surface area contributed by atoms with E-state index in [1.807, 2.05) is 42.5 Å². The van der Waals surface area contributed by atoms with Crippen molar-refractivity contribution in [2.45, 2.75) is 0 Å². The highest BCUT2D eigenvalue weighted by atomic mass is 35.5. The van der Waals surface area contributed by atoms with Crippen LogP contribution in [0.15, 0.2) is 62.9 Å². The SMILES string of the molecule is Cl.Cl.O=C(Nc1ccc(C2=NCCN2)cc1)c1cc2cc(C3=NCCN3)ccc2o1. The van der Waals surface area contributed by atoms with Gasteiger partial charge in [0.15, 0.2) is 5.76 Å². The van der Waals surface area contributed by atoms with Crippen molar-refractivity contribution < 1.29 is 9.21 Å². The van der Waals surface area contributed by atoms with Crippen molar-refractivity contribution in [3.05, 3.63) is 65.4 Å². The smallest absolute Gasteiger partial charge is 0.291 e. The third kappa shape index (κ3) is 4.27. The van der Waals surface area contributed by atoms with Crippen LogP contribution in [-0.2, 0) is 0 Å². The van der Waals surface area contributed by atoms with Gasteiger partial charge in [-0.15, -0.1) is 24.8 Å². The van der Waals surface area contributed by atoms with Crippen LogP contribution in [0.1, 0.15) is 21.7 Å². The molecule has 0 atom stereocenters. The number of carbonyl (C=O) groups excluding carboxylic acids is 1. The lowest BCUT2D eigenvalue weighted by molar-refractivity contribution is 0.0998. The quantitative estimate of drug-likeness (QED) is 0.574. The van der Waals surface area contributed by atoms with E-state index in [1.165, 1.54) is 0 Å². The monoisotopic (exact) mass is 445 g/mol. The Balaban J connectivity index is 0.00000128. The molecule has 0 spiro atoms. The fourth-order valence-corrected chi connectivity index (χ4v) is 3.39. The lowest BCUT2D eigenvalue weighted by atomic mass is 10.1. The third-order valence-corrected chi connectivity index (χ3v) is 4.78. The van der Waals surface area contributed by atoms with E-state index in [0.717, 1.165) is 54.4 Å². The van der Waals surface area contributed by atoms with Crippen LogP contribution in [0.3, 0.4) is 0 Å². The van der Waals surface area contributed by atoms with Crippen molar-refractivity contribution >= 4 is 59.0 Å². The Morgan fingerprint density at radius 1 is 0.867 bits per heavy atom. The number of aliphatic imine (C=N–C) groups is 2. The number of fused-ring (bicyclic) bond motifs is 1. The van der Waals surface area contributed by atoms with Crippen LogP contribution < -0.4 is 16.0 Å². The Hall–Kier alpha value is -3.03. The van der Waals surface area contributed by atoms with Gasteiger partial charge in [-0.3, -0.25) is 14.8 Å². The van der Waals surface area contributed by atoms with Crippen LogP contribution in [0.4, 0.5) is 5.69 Å². The van der Waals surface area contributed by atoms with Crippen molar-refractivity contribution in [1.82, 2.24) is 10.6 Å². The van der Waals surface area contributed by atoms with Gasteiger partial charge in [0.2, 0.25) is 0 Å². The van der Waals surface area contributed by atoms with Gasteiger partial charge in [-0.2, -0.15) is 0 Å². The van der Waals surface area contributed by atoms with E-state index >= 15 is 0 Å². The highest BCUT2D eigenvalue weighted by Crippen LogP contribution is 2.22. The first-order valence-electron chi connectivity index (χ1n) is 9.29. The maximum absolute atomic E-state index is 12.6. The lowest BCUT2D eigenvalue weighted by Crippen LogP contribution is -2.19. The average Bonchev–Trinajstić information content (AvgIpc) is 3.49. The van der Waals surface area contributed by atoms with E-state index in [-0.39, 0.29) is 36.5 Å². The summed E-state index contributed by atoms with van der Waals surface area (Å²) in [5.41, 5.74) is 3.39. The molecule has 3 heterocycles. The minimum absolute atomic E-state index is 0.